The Morgan fingerprint density at radius 1 is 1.03 bits per heavy atom. The molecule has 0 fully saturated rings. The highest BCUT2D eigenvalue weighted by molar-refractivity contribution is 6.35. The van der Waals surface area contributed by atoms with Crippen LogP contribution in [0.25, 0.3) is 22.1 Å². The highest BCUT2D eigenvalue weighted by Gasteiger charge is 2.25. The molecule has 2 aromatic heterocycles. The molecule has 0 aliphatic carbocycles. The molecule has 0 radical (unpaired) electrons. The number of Topliss-reactive ketones (excluding diaryl/α,β-unsaturated/α-hetero) is 2. The van der Waals surface area contributed by atoms with E-state index >= 15 is 0 Å². The van der Waals surface area contributed by atoms with Gasteiger partial charge in [-0.05, 0) is 30.3 Å². The molecule has 0 bridgehead atoms. The van der Waals surface area contributed by atoms with Gasteiger partial charge >= 0.3 is 0 Å². The van der Waals surface area contributed by atoms with Crippen molar-refractivity contribution in [1.29, 1.82) is 0 Å². The number of halogens is 2. The Morgan fingerprint density at radius 3 is 2.50 bits per heavy atom. The number of hydrogen-bond donors (Lipinski definition) is 1. The van der Waals surface area contributed by atoms with Gasteiger partial charge in [-0.15, -0.1) is 0 Å². The summed E-state index contributed by atoms with van der Waals surface area (Å²) in [5.41, 5.74) is 2.65. The van der Waals surface area contributed by atoms with Gasteiger partial charge in [0.05, 0.1) is 27.1 Å². The fourth-order valence-electron chi connectivity index (χ4n) is 3.44. The van der Waals surface area contributed by atoms with E-state index in [0.717, 1.165) is 5.52 Å². The summed E-state index contributed by atoms with van der Waals surface area (Å²) in [6.07, 6.45) is 0. The predicted octanol–water partition coefficient (Wildman–Crippen LogP) is 5.58. The van der Waals surface area contributed by atoms with Crippen LogP contribution in [0.3, 0.4) is 0 Å². The van der Waals surface area contributed by atoms with E-state index in [1.807, 2.05) is 26.8 Å². The van der Waals surface area contributed by atoms with Crippen LogP contribution in [0.5, 0.6) is 0 Å². The SMILES string of the molecule is CC(C)C(=O)c1nc2cc(Cl)ccc2n1CC(C)C(=O)c1nc2cccc(Cl)c2[nH]1. The zero-order chi connectivity index (χ0) is 21.6. The van der Waals surface area contributed by atoms with Gasteiger partial charge < -0.3 is 9.55 Å². The molecule has 8 heteroatoms. The van der Waals surface area contributed by atoms with Crippen molar-refractivity contribution in [3.63, 3.8) is 0 Å². The van der Waals surface area contributed by atoms with Crippen LogP contribution < -0.4 is 0 Å². The molecule has 0 spiro atoms. The molecule has 0 amide bonds. The number of para-hydroxylation sites is 1. The number of benzene rings is 2. The van der Waals surface area contributed by atoms with Crippen molar-refractivity contribution in [2.75, 3.05) is 0 Å². The first-order valence-corrected chi connectivity index (χ1v) is 10.4. The molecule has 1 atom stereocenters. The molecular weight excluding hydrogens is 423 g/mol. The van der Waals surface area contributed by atoms with Crippen molar-refractivity contribution in [2.45, 2.75) is 27.3 Å². The Hall–Kier alpha value is -2.70. The zero-order valence-electron chi connectivity index (χ0n) is 16.7. The molecule has 0 saturated carbocycles. The lowest BCUT2D eigenvalue weighted by molar-refractivity contribution is 0.0890. The summed E-state index contributed by atoms with van der Waals surface area (Å²) >= 11 is 12.3. The average molecular weight is 443 g/mol. The summed E-state index contributed by atoms with van der Waals surface area (Å²) in [4.78, 5) is 37.8. The fourth-order valence-corrected chi connectivity index (χ4v) is 3.82. The maximum atomic E-state index is 13.1. The summed E-state index contributed by atoms with van der Waals surface area (Å²) in [6, 6.07) is 10.6. The summed E-state index contributed by atoms with van der Waals surface area (Å²) in [5, 5.41) is 1.05. The number of carbonyl (C=O) groups is 2. The van der Waals surface area contributed by atoms with Gasteiger partial charge in [-0.3, -0.25) is 9.59 Å². The number of aromatic nitrogens is 4. The highest BCUT2D eigenvalue weighted by atomic mass is 35.5. The van der Waals surface area contributed by atoms with Gasteiger partial charge in [0, 0.05) is 23.4 Å². The van der Waals surface area contributed by atoms with Crippen molar-refractivity contribution < 1.29 is 9.59 Å². The predicted molar refractivity (Wildman–Crippen MR) is 119 cm³/mol. The number of nitrogens with zero attached hydrogens (tertiary/aromatic N) is 3. The van der Waals surface area contributed by atoms with E-state index in [1.54, 1.807) is 34.9 Å². The molecule has 0 saturated heterocycles. The minimum Gasteiger partial charge on any atom is -0.334 e. The van der Waals surface area contributed by atoms with Gasteiger partial charge in [0.1, 0.15) is 0 Å². The molecule has 2 heterocycles. The first kappa shape index (κ1) is 20.6. The van der Waals surface area contributed by atoms with E-state index in [0.29, 0.717) is 32.4 Å². The largest absolute Gasteiger partial charge is 0.334 e. The molecule has 4 rings (SSSR count). The molecule has 154 valence electrons. The lowest BCUT2D eigenvalue weighted by Crippen LogP contribution is -2.23. The van der Waals surface area contributed by atoms with Crippen LogP contribution in [0.4, 0.5) is 0 Å². The highest BCUT2D eigenvalue weighted by Crippen LogP contribution is 2.25. The first-order valence-electron chi connectivity index (χ1n) is 9.64. The Kier molecular flexibility index (Phi) is 5.38. The van der Waals surface area contributed by atoms with Crippen LogP contribution in [0.15, 0.2) is 36.4 Å². The van der Waals surface area contributed by atoms with Gasteiger partial charge in [0.15, 0.2) is 11.6 Å². The van der Waals surface area contributed by atoms with E-state index in [4.69, 9.17) is 23.2 Å². The van der Waals surface area contributed by atoms with Crippen molar-refractivity contribution in [3.05, 3.63) is 58.1 Å². The summed E-state index contributed by atoms with van der Waals surface area (Å²) in [6.45, 7) is 5.75. The van der Waals surface area contributed by atoms with Crippen LogP contribution in [0.2, 0.25) is 10.0 Å². The van der Waals surface area contributed by atoms with E-state index in [2.05, 4.69) is 15.0 Å². The molecule has 1 unspecified atom stereocenters. The van der Waals surface area contributed by atoms with Crippen LogP contribution in [0, 0.1) is 11.8 Å². The van der Waals surface area contributed by atoms with Gasteiger partial charge in [-0.2, -0.15) is 0 Å². The molecule has 0 aliphatic heterocycles. The molecule has 1 N–H and O–H groups in total. The number of rotatable bonds is 6. The minimum atomic E-state index is -0.448. The van der Waals surface area contributed by atoms with E-state index in [-0.39, 0.29) is 29.9 Å². The van der Waals surface area contributed by atoms with Crippen molar-refractivity contribution in [1.82, 2.24) is 19.5 Å². The monoisotopic (exact) mass is 442 g/mol. The zero-order valence-corrected chi connectivity index (χ0v) is 18.3. The van der Waals surface area contributed by atoms with Gasteiger partial charge in [-0.25, -0.2) is 9.97 Å². The van der Waals surface area contributed by atoms with E-state index in [9.17, 15) is 9.59 Å². The standard InChI is InChI=1S/C22H20Cl2N4O2/c1-11(2)19(29)22-26-16-9-13(23)7-8-17(16)28(22)10-12(3)20(30)21-25-15-6-4-5-14(24)18(15)27-21/h4-9,11-12H,10H2,1-3H3,(H,25,27). The van der Waals surface area contributed by atoms with Crippen molar-refractivity contribution in [2.24, 2.45) is 11.8 Å². The molecule has 0 aliphatic rings. The second kappa shape index (κ2) is 7.85. The maximum Gasteiger partial charge on any atom is 0.202 e. The quantitative estimate of drug-likeness (QED) is 0.395. The number of H-pyrrole nitrogens is 1. The summed E-state index contributed by atoms with van der Waals surface area (Å²) in [7, 11) is 0. The topological polar surface area (TPSA) is 80.6 Å². The first-order chi connectivity index (χ1) is 14.3. The number of hydrogen-bond acceptors (Lipinski definition) is 4. The third-order valence-electron chi connectivity index (χ3n) is 5.06. The second-order valence-corrected chi connectivity index (χ2v) is 8.53. The van der Waals surface area contributed by atoms with Crippen molar-refractivity contribution in [3.8, 4) is 0 Å². The molecular formula is C22H20Cl2N4O2. The Morgan fingerprint density at radius 2 is 1.80 bits per heavy atom. The lowest BCUT2D eigenvalue weighted by atomic mass is 10.0. The Balaban J connectivity index is 1.71. The molecule has 30 heavy (non-hydrogen) atoms. The lowest BCUT2D eigenvalue weighted by Gasteiger charge is -2.14. The number of nitrogens with one attached hydrogen (secondary N) is 1. The molecule has 2 aromatic carbocycles. The minimum absolute atomic E-state index is 0.0857. The summed E-state index contributed by atoms with van der Waals surface area (Å²) in [5.74, 6) is -0.349. The van der Waals surface area contributed by atoms with Gasteiger partial charge in [-0.1, -0.05) is 50.0 Å². The fraction of sp³-hybridized carbons (Fsp3) is 0.273. The number of imidazole rings is 2. The van der Waals surface area contributed by atoms with E-state index < -0.39 is 5.92 Å². The number of aromatic amines is 1. The van der Waals surface area contributed by atoms with Gasteiger partial charge in [0.2, 0.25) is 11.6 Å². The maximum absolute atomic E-state index is 13.1. The molecule has 6 nitrogen and oxygen atoms in total. The number of fused-ring (bicyclic) bond motifs is 2. The third kappa shape index (κ3) is 3.61. The number of carbonyl (C=O) groups excluding carboxylic acids is 2. The molecule has 4 aromatic rings. The third-order valence-corrected chi connectivity index (χ3v) is 5.61. The Bertz CT molecular complexity index is 1290. The van der Waals surface area contributed by atoms with Crippen LogP contribution >= 0.6 is 23.2 Å². The average Bonchev–Trinajstić information content (AvgIpc) is 3.29. The van der Waals surface area contributed by atoms with Crippen LogP contribution in [0.1, 0.15) is 42.0 Å². The summed E-state index contributed by atoms with van der Waals surface area (Å²) < 4.78 is 1.80. The van der Waals surface area contributed by atoms with Crippen LogP contribution in [-0.4, -0.2) is 31.1 Å². The number of ketones is 2. The van der Waals surface area contributed by atoms with Gasteiger partial charge in [0.25, 0.3) is 0 Å². The Labute approximate surface area is 183 Å². The second-order valence-electron chi connectivity index (χ2n) is 7.68. The van der Waals surface area contributed by atoms with Crippen molar-refractivity contribution >= 4 is 56.8 Å². The van der Waals surface area contributed by atoms with E-state index in [1.165, 1.54) is 0 Å². The van der Waals surface area contributed by atoms with Crippen LogP contribution in [-0.2, 0) is 6.54 Å². The normalized spacial score (nSPS) is 12.7. The smallest absolute Gasteiger partial charge is 0.202 e.